The maximum atomic E-state index is 3.52. The first-order chi connectivity index (χ1) is 10.1. The monoisotopic (exact) mass is 286 g/mol. The molecule has 2 nitrogen and oxygen atoms in total. The zero-order valence-electron chi connectivity index (χ0n) is 14.0. The molecule has 0 fully saturated rings. The predicted octanol–water partition coefficient (Wildman–Crippen LogP) is 4.62. The van der Waals surface area contributed by atoms with Crippen LogP contribution in [-0.4, -0.2) is 17.2 Å². The zero-order valence-corrected chi connectivity index (χ0v) is 14.0. The van der Waals surface area contributed by atoms with Crippen LogP contribution in [0.5, 0.6) is 0 Å². The molecule has 0 bridgehead atoms. The summed E-state index contributed by atoms with van der Waals surface area (Å²) < 4.78 is 2.46. The third-order valence-electron chi connectivity index (χ3n) is 4.11. The molecule has 0 saturated heterocycles. The average Bonchev–Trinajstić information content (AvgIpc) is 2.77. The van der Waals surface area contributed by atoms with Gasteiger partial charge in [-0.05, 0) is 36.9 Å². The van der Waals surface area contributed by atoms with Crippen molar-refractivity contribution in [1.82, 2.24) is 9.88 Å². The van der Waals surface area contributed by atoms with Crippen molar-refractivity contribution < 1.29 is 0 Å². The van der Waals surface area contributed by atoms with E-state index < -0.39 is 0 Å². The number of fused-ring (bicyclic) bond motifs is 1. The summed E-state index contributed by atoms with van der Waals surface area (Å²) in [4.78, 5) is 0. The standard InChI is InChI=1S/C19H30N2/c1-5-8-16(4)13-21-14-17(11-12-20-15(2)3)18-9-6-7-10-19(18)21/h6-7,9-10,14-16,20H,5,8,11-13H2,1-4H3. The van der Waals surface area contributed by atoms with Crippen LogP contribution in [0.4, 0.5) is 0 Å². The predicted molar refractivity (Wildman–Crippen MR) is 92.9 cm³/mol. The van der Waals surface area contributed by atoms with Gasteiger partial charge in [0.1, 0.15) is 0 Å². The molecule has 0 amide bonds. The lowest BCUT2D eigenvalue weighted by molar-refractivity contribution is 0.453. The molecule has 0 aliphatic rings. The van der Waals surface area contributed by atoms with Crippen molar-refractivity contribution in [2.75, 3.05) is 6.54 Å². The Labute approximate surface area is 129 Å². The van der Waals surface area contributed by atoms with Crippen molar-refractivity contribution in [3.05, 3.63) is 36.0 Å². The molecular weight excluding hydrogens is 256 g/mol. The Hall–Kier alpha value is -1.28. The topological polar surface area (TPSA) is 17.0 Å². The normalized spacial score (nSPS) is 13.2. The lowest BCUT2D eigenvalue weighted by Gasteiger charge is -2.12. The zero-order chi connectivity index (χ0) is 15.2. The molecular formula is C19H30N2. The van der Waals surface area contributed by atoms with Gasteiger partial charge in [-0.3, -0.25) is 0 Å². The summed E-state index contributed by atoms with van der Waals surface area (Å²) in [5.74, 6) is 0.743. The van der Waals surface area contributed by atoms with E-state index in [0.717, 1.165) is 25.4 Å². The van der Waals surface area contributed by atoms with Crippen LogP contribution < -0.4 is 5.32 Å². The number of rotatable bonds is 8. The molecule has 1 aromatic heterocycles. The number of hydrogen-bond acceptors (Lipinski definition) is 1. The number of nitrogens with zero attached hydrogens (tertiary/aromatic N) is 1. The van der Waals surface area contributed by atoms with Crippen LogP contribution in [-0.2, 0) is 13.0 Å². The summed E-state index contributed by atoms with van der Waals surface area (Å²) in [6.07, 6.45) is 6.05. The Morgan fingerprint density at radius 3 is 2.62 bits per heavy atom. The average molecular weight is 286 g/mol. The van der Waals surface area contributed by atoms with E-state index in [0.29, 0.717) is 6.04 Å². The summed E-state index contributed by atoms with van der Waals surface area (Å²) in [6, 6.07) is 9.39. The molecule has 1 N–H and O–H groups in total. The summed E-state index contributed by atoms with van der Waals surface area (Å²) in [6.45, 7) is 11.2. The van der Waals surface area contributed by atoms with E-state index in [2.05, 4.69) is 68.0 Å². The molecule has 1 heterocycles. The van der Waals surface area contributed by atoms with Gasteiger partial charge in [-0.1, -0.05) is 52.3 Å². The van der Waals surface area contributed by atoms with Crippen molar-refractivity contribution in [2.24, 2.45) is 5.92 Å². The highest BCUT2D eigenvalue weighted by Gasteiger charge is 2.10. The van der Waals surface area contributed by atoms with E-state index >= 15 is 0 Å². The van der Waals surface area contributed by atoms with Crippen molar-refractivity contribution in [2.45, 2.75) is 59.5 Å². The second kappa shape index (κ2) is 7.65. The molecule has 116 valence electrons. The molecule has 21 heavy (non-hydrogen) atoms. The Balaban J connectivity index is 2.17. The SMILES string of the molecule is CCCC(C)Cn1cc(CCNC(C)C)c2ccccc21. The highest BCUT2D eigenvalue weighted by Crippen LogP contribution is 2.23. The maximum Gasteiger partial charge on any atom is 0.0483 e. The van der Waals surface area contributed by atoms with E-state index in [-0.39, 0.29) is 0 Å². The Kier molecular flexibility index (Phi) is 5.86. The first-order valence-electron chi connectivity index (χ1n) is 8.42. The van der Waals surface area contributed by atoms with Crippen LogP contribution in [0.1, 0.15) is 46.1 Å². The number of aromatic nitrogens is 1. The number of benzene rings is 1. The summed E-state index contributed by atoms with van der Waals surface area (Å²) in [7, 11) is 0. The van der Waals surface area contributed by atoms with Gasteiger partial charge in [-0.15, -0.1) is 0 Å². The molecule has 0 spiro atoms. The second-order valence-corrected chi connectivity index (χ2v) is 6.58. The third-order valence-corrected chi connectivity index (χ3v) is 4.11. The van der Waals surface area contributed by atoms with Crippen molar-refractivity contribution >= 4 is 10.9 Å². The lowest BCUT2D eigenvalue weighted by Crippen LogP contribution is -2.24. The highest BCUT2D eigenvalue weighted by molar-refractivity contribution is 5.84. The summed E-state index contributed by atoms with van der Waals surface area (Å²) >= 11 is 0. The molecule has 0 aliphatic carbocycles. The quantitative estimate of drug-likeness (QED) is 0.749. The molecule has 2 heteroatoms. The van der Waals surface area contributed by atoms with Gasteiger partial charge in [-0.25, -0.2) is 0 Å². The minimum Gasteiger partial charge on any atom is -0.347 e. The fraction of sp³-hybridized carbons (Fsp3) is 0.579. The van der Waals surface area contributed by atoms with Gasteiger partial charge in [0.25, 0.3) is 0 Å². The minimum absolute atomic E-state index is 0.558. The number of para-hydroxylation sites is 1. The van der Waals surface area contributed by atoms with Crippen LogP contribution in [0.2, 0.25) is 0 Å². The van der Waals surface area contributed by atoms with E-state index in [1.165, 1.54) is 29.3 Å². The van der Waals surface area contributed by atoms with Gasteiger partial charge in [0.15, 0.2) is 0 Å². The van der Waals surface area contributed by atoms with Crippen LogP contribution >= 0.6 is 0 Å². The van der Waals surface area contributed by atoms with Crippen LogP contribution in [0.25, 0.3) is 10.9 Å². The molecule has 2 rings (SSSR count). The Bertz CT molecular complexity index is 554. The van der Waals surface area contributed by atoms with Crippen LogP contribution in [0.15, 0.2) is 30.5 Å². The van der Waals surface area contributed by atoms with Crippen LogP contribution in [0, 0.1) is 5.92 Å². The van der Waals surface area contributed by atoms with Gasteiger partial charge in [-0.2, -0.15) is 0 Å². The smallest absolute Gasteiger partial charge is 0.0483 e. The lowest BCUT2D eigenvalue weighted by atomic mass is 10.1. The largest absolute Gasteiger partial charge is 0.347 e. The molecule has 2 aromatic rings. The molecule has 0 aliphatic heterocycles. The van der Waals surface area contributed by atoms with Crippen LogP contribution in [0.3, 0.4) is 0 Å². The van der Waals surface area contributed by atoms with Gasteiger partial charge < -0.3 is 9.88 Å². The van der Waals surface area contributed by atoms with Gasteiger partial charge in [0.2, 0.25) is 0 Å². The number of nitrogens with one attached hydrogen (secondary N) is 1. The summed E-state index contributed by atoms with van der Waals surface area (Å²) in [5, 5.41) is 4.94. The van der Waals surface area contributed by atoms with E-state index in [1.807, 2.05) is 0 Å². The molecule has 1 atom stereocenters. The molecule has 1 unspecified atom stereocenters. The first-order valence-corrected chi connectivity index (χ1v) is 8.42. The third kappa shape index (κ3) is 4.34. The van der Waals surface area contributed by atoms with Crippen molar-refractivity contribution in [3.8, 4) is 0 Å². The second-order valence-electron chi connectivity index (χ2n) is 6.58. The van der Waals surface area contributed by atoms with Gasteiger partial charge in [0.05, 0.1) is 0 Å². The van der Waals surface area contributed by atoms with Crippen molar-refractivity contribution in [3.63, 3.8) is 0 Å². The molecule has 0 radical (unpaired) electrons. The first kappa shape index (κ1) is 16.1. The fourth-order valence-electron chi connectivity index (χ4n) is 3.09. The van der Waals surface area contributed by atoms with Crippen molar-refractivity contribution in [1.29, 1.82) is 0 Å². The van der Waals surface area contributed by atoms with E-state index in [4.69, 9.17) is 0 Å². The van der Waals surface area contributed by atoms with Gasteiger partial charge in [0, 0.05) is 29.7 Å². The van der Waals surface area contributed by atoms with E-state index in [1.54, 1.807) is 0 Å². The Morgan fingerprint density at radius 2 is 1.90 bits per heavy atom. The van der Waals surface area contributed by atoms with Gasteiger partial charge >= 0.3 is 0 Å². The minimum atomic E-state index is 0.558. The fourth-order valence-corrected chi connectivity index (χ4v) is 3.09. The number of hydrogen-bond donors (Lipinski definition) is 1. The molecule has 0 saturated carbocycles. The molecule has 1 aromatic carbocycles. The van der Waals surface area contributed by atoms with E-state index in [9.17, 15) is 0 Å². The highest BCUT2D eigenvalue weighted by atomic mass is 15.0. The maximum absolute atomic E-state index is 3.52. The summed E-state index contributed by atoms with van der Waals surface area (Å²) in [5.41, 5.74) is 2.86. The Morgan fingerprint density at radius 1 is 1.14 bits per heavy atom.